The number of amides is 2. The summed E-state index contributed by atoms with van der Waals surface area (Å²) in [7, 11) is 0. The topological polar surface area (TPSA) is 71.5 Å². The summed E-state index contributed by atoms with van der Waals surface area (Å²) >= 11 is 0. The molecule has 0 spiro atoms. The molecule has 6 heteroatoms. The number of carbonyl (C=O) groups excluding carboxylic acids is 2. The first-order valence-corrected chi connectivity index (χ1v) is 8.50. The molecule has 0 aliphatic carbocycles. The summed E-state index contributed by atoms with van der Waals surface area (Å²) in [6, 6.07) is 10.9. The first-order chi connectivity index (χ1) is 11.8. The van der Waals surface area contributed by atoms with Crippen LogP contribution in [0, 0.1) is 0 Å². The quantitative estimate of drug-likeness (QED) is 0.906. The number of rotatable bonds is 2. The Bertz CT molecular complexity index is 798. The van der Waals surface area contributed by atoms with Gasteiger partial charge in [-0.05, 0) is 51.8 Å². The van der Waals surface area contributed by atoms with Gasteiger partial charge in [-0.1, -0.05) is 18.2 Å². The molecule has 1 aliphatic heterocycles. The van der Waals surface area contributed by atoms with Crippen molar-refractivity contribution >= 4 is 28.7 Å². The first kappa shape index (κ1) is 17.2. The average molecular weight is 341 g/mol. The summed E-state index contributed by atoms with van der Waals surface area (Å²) in [6.07, 6.45) is 0.956. The molecule has 2 heterocycles. The summed E-state index contributed by atoms with van der Waals surface area (Å²) < 4.78 is 5.40. The second kappa shape index (κ2) is 6.70. The van der Waals surface area contributed by atoms with Crippen LogP contribution in [0.2, 0.25) is 0 Å². The van der Waals surface area contributed by atoms with Crippen molar-refractivity contribution in [3.63, 3.8) is 0 Å². The number of pyridine rings is 1. The molecule has 1 unspecified atom stereocenters. The maximum atomic E-state index is 12.6. The van der Waals surface area contributed by atoms with Gasteiger partial charge in [-0.25, -0.2) is 9.78 Å². The molecule has 1 atom stereocenters. The third-order valence-corrected chi connectivity index (χ3v) is 4.03. The third-order valence-electron chi connectivity index (χ3n) is 4.03. The Balaban J connectivity index is 1.71. The minimum Gasteiger partial charge on any atom is -0.444 e. The zero-order valence-corrected chi connectivity index (χ0v) is 14.8. The highest BCUT2D eigenvalue weighted by Crippen LogP contribution is 2.22. The van der Waals surface area contributed by atoms with Gasteiger partial charge in [0.15, 0.2) is 0 Å². The SMILES string of the molecule is CC(C)(C)OC(=O)N1CCCC1C(=O)Nc1ccc2ccccc2n1. The highest BCUT2D eigenvalue weighted by atomic mass is 16.6. The van der Waals surface area contributed by atoms with Crippen molar-refractivity contribution < 1.29 is 14.3 Å². The monoisotopic (exact) mass is 341 g/mol. The van der Waals surface area contributed by atoms with Crippen LogP contribution in [0.25, 0.3) is 10.9 Å². The number of anilines is 1. The van der Waals surface area contributed by atoms with E-state index in [0.717, 1.165) is 17.3 Å². The molecule has 25 heavy (non-hydrogen) atoms. The van der Waals surface area contributed by atoms with Crippen molar-refractivity contribution in [2.45, 2.75) is 45.3 Å². The molecule has 1 aliphatic rings. The number of nitrogens with zero attached hydrogens (tertiary/aromatic N) is 2. The van der Waals surface area contributed by atoms with E-state index in [4.69, 9.17) is 4.74 Å². The molecule has 1 aromatic heterocycles. The van der Waals surface area contributed by atoms with Crippen LogP contribution in [0.15, 0.2) is 36.4 Å². The van der Waals surface area contributed by atoms with Gasteiger partial charge in [-0.3, -0.25) is 9.69 Å². The van der Waals surface area contributed by atoms with Crippen molar-refractivity contribution in [3.05, 3.63) is 36.4 Å². The predicted molar refractivity (Wildman–Crippen MR) is 96.3 cm³/mol. The Morgan fingerprint density at radius 2 is 1.96 bits per heavy atom. The summed E-state index contributed by atoms with van der Waals surface area (Å²) in [5, 5.41) is 3.84. The molecule has 132 valence electrons. The van der Waals surface area contributed by atoms with E-state index in [1.165, 1.54) is 4.90 Å². The van der Waals surface area contributed by atoms with Crippen LogP contribution in [0.5, 0.6) is 0 Å². The Morgan fingerprint density at radius 3 is 2.72 bits per heavy atom. The fraction of sp³-hybridized carbons (Fsp3) is 0.421. The van der Waals surface area contributed by atoms with Crippen LogP contribution in [0.1, 0.15) is 33.6 Å². The van der Waals surface area contributed by atoms with Gasteiger partial charge in [0.05, 0.1) is 5.52 Å². The largest absolute Gasteiger partial charge is 0.444 e. The lowest BCUT2D eigenvalue weighted by molar-refractivity contribution is -0.120. The second-order valence-corrected chi connectivity index (χ2v) is 7.21. The van der Waals surface area contributed by atoms with Crippen molar-refractivity contribution in [2.75, 3.05) is 11.9 Å². The van der Waals surface area contributed by atoms with Gasteiger partial charge in [0, 0.05) is 11.9 Å². The standard InChI is InChI=1S/C19H23N3O3/c1-19(2,3)25-18(24)22-12-6-9-15(22)17(23)21-16-11-10-13-7-4-5-8-14(13)20-16/h4-5,7-8,10-11,15H,6,9,12H2,1-3H3,(H,20,21,23). The highest BCUT2D eigenvalue weighted by Gasteiger charge is 2.36. The van der Waals surface area contributed by atoms with E-state index in [0.29, 0.717) is 18.8 Å². The van der Waals surface area contributed by atoms with E-state index in [2.05, 4.69) is 10.3 Å². The number of hydrogen-bond acceptors (Lipinski definition) is 4. The van der Waals surface area contributed by atoms with E-state index in [1.54, 1.807) is 6.07 Å². The highest BCUT2D eigenvalue weighted by molar-refractivity contribution is 5.97. The van der Waals surface area contributed by atoms with Crippen molar-refractivity contribution in [1.29, 1.82) is 0 Å². The minimum atomic E-state index is -0.583. The fourth-order valence-electron chi connectivity index (χ4n) is 2.92. The van der Waals surface area contributed by atoms with Gasteiger partial charge in [0.25, 0.3) is 0 Å². The number of ether oxygens (including phenoxy) is 1. The molecular formula is C19H23N3O3. The smallest absolute Gasteiger partial charge is 0.410 e. The first-order valence-electron chi connectivity index (χ1n) is 8.50. The number of carbonyl (C=O) groups is 2. The Labute approximate surface area is 147 Å². The van der Waals surface area contributed by atoms with Crippen LogP contribution < -0.4 is 5.32 Å². The predicted octanol–water partition coefficient (Wildman–Crippen LogP) is 3.57. The van der Waals surface area contributed by atoms with Gasteiger partial charge in [0.2, 0.25) is 5.91 Å². The lowest BCUT2D eigenvalue weighted by atomic mass is 10.2. The summed E-state index contributed by atoms with van der Waals surface area (Å²) in [5.41, 5.74) is 0.233. The van der Waals surface area contributed by atoms with Crippen LogP contribution in [-0.4, -0.2) is 40.1 Å². The van der Waals surface area contributed by atoms with Gasteiger partial charge in [-0.2, -0.15) is 0 Å². The Hall–Kier alpha value is -2.63. The van der Waals surface area contributed by atoms with Gasteiger partial charge >= 0.3 is 6.09 Å². The molecule has 1 saturated heterocycles. The molecule has 0 radical (unpaired) electrons. The Kier molecular flexibility index (Phi) is 4.61. The zero-order valence-electron chi connectivity index (χ0n) is 14.8. The maximum Gasteiger partial charge on any atom is 0.410 e. The van der Waals surface area contributed by atoms with Crippen LogP contribution in [-0.2, 0) is 9.53 Å². The molecule has 1 N–H and O–H groups in total. The Morgan fingerprint density at radius 1 is 1.20 bits per heavy atom. The van der Waals surface area contributed by atoms with E-state index in [1.807, 2.05) is 51.1 Å². The minimum absolute atomic E-state index is 0.230. The number of para-hydroxylation sites is 1. The molecule has 3 rings (SSSR count). The van der Waals surface area contributed by atoms with E-state index in [-0.39, 0.29) is 5.91 Å². The molecule has 1 aromatic carbocycles. The third kappa shape index (κ3) is 4.07. The van der Waals surface area contributed by atoms with Crippen molar-refractivity contribution in [2.24, 2.45) is 0 Å². The van der Waals surface area contributed by atoms with Crippen LogP contribution in [0.3, 0.4) is 0 Å². The molecular weight excluding hydrogens is 318 g/mol. The number of benzene rings is 1. The van der Waals surface area contributed by atoms with Gasteiger partial charge in [0.1, 0.15) is 17.5 Å². The van der Waals surface area contributed by atoms with Gasteiger partial charge in [-0.15, -0.1) is 0 Å². The maximum absolute atomic E-state index is 12.6. The number of nitrogens with one attached hydrogen (secondary N) is 1. The van der Waals surface area contributed by atoms with E-state index < -0.39 is 17.7 Å². The summed E-state index contributed by atoms with van der Waals surface area (Å²) in [5.74, 6) is 0.255. The molecule has 2 aromatic rings. The van der Waals surface area contributed by atoms with Crippen molar-refractivity contribution in [1.82, 2.24) is 9.88 Å². The van der Waals surface area contributed by atoms with Crippen LogP contribution in [0.4, 0.5) is 10.6 Å². The molecule has 0 bridgehead atoms. The van der Waals surface area contributed by atoms with Crippen LogP contribution >= 0.6 is 0 Å². The lowest BCUT2D eigenvalue weighted by Crippen LogP contribution is -2.45. The van der Waals surface area contributed by atoms with Gasteiger partial charge < -0.3 is 10.1 Å². The number of fused-ring (bicyclic) bond motifs is 1. The molecule has 2 amide bonds. The van der Waals surface area contributed by atoms with Crippen molar-refractivity contribution in [3.8, 4) is 0 Å². The summed E-state index contributed by atoms with van der Waals surface area (Å²) in [4.78, 5) is 30.9. The summed E-state index contributed by atoms with van der Waals surface area (Å²) in [6.45, 7) is 5.97. The lowest BCUT2D eigenvalue weighted by Gasteiger charge is -2.27. The number of likely N-dealkylation sites (tertiary alicyclic amines) is 1. The molecule has 6 nitrogen and oxygen atoms in total. The number of hydrogen-bond donors (Lipinski definition) is 1. The molecule has 0 saturated carbocycles. The average Bonchev–Trinajstić information content (AvgIpc) is 3.03. The van der Waals surface area contributed by atoms with E-state index in [9.17, 15) is 9.59 Å². The normalized spacial score (nSPS) is 17.6. The fourth-order valence-corrected chi connectivity index (χ4v) is 2.92. The molecule has 1 fully saturated rings. The van der Waals surface area contributed by atoms with E-state index >= 15 is 0 Å². The zero-order chi connectivity index (χ0) is 18.0. The second-order valence-electron chi connectivity index (χ2n) is 7.21. The number of aromatic nitrogens is 1.